The van der Waals surface area contributed by atoms with Crippen molar-refractivity contribution in [1.29, 1.82) is 0 Å². The number of hydrogen-bond donors (Lipinski definition) is 2. The summed E-state index contributed by atoms with van der Waals surface area (Å²) in [5.41, 5.74) is -1.10. The number of aromatic hydroxyl groups is 1. The van der Waals surface area contributed by atoms with Crippen LogP contribution in [0.3, 0.4) is 0 Å². The van der Waals surface area contributed by atoms with Gasteiger partial charge in [-0.3, -0.25) is 0 Å². The normalized spacial score (nSPS) is 16.9. The Bertz CT molecular complexity index is 1240. The van der Waals surface area contributed by atoms with Crippen LogP contribution in [-0.2, 0) is 10.9 Å². The number of carbonyl (C=O) groups is 1. The van der Waals surface area contributed by atoms with Crippen molar-refractivity contribution in [1.82, 2.24) is 15.1 Å². The first-order valence-corrected chi connectivity index (χ1v) is 11.3. The van der Waals surface area contributed by atoms with Crippen LogP contribution in [0.5, 0.6) is 5.75 Å². The molecule has 35 heavy (non-hydrogen) atoms. The second-order valence-electron chi connectivity index (χ2n) is 9.58. The number of nitrogens with one attached hydrogen (secondary N) is 1. The maximum absolute atomic E-state index is 13.0. The maximum Gasteiger partial charge on any atom is 0.416 e. The first kappa shape index (κ1) is 24.6. The zero-order valence-electron chi connectivity index (χ0n) is 19.7. The fraction of sp³-hybridized carbons (Fsp3) is 0.400. The summed E-state index contributed by atoms with van der Waals surface area (Å²) < 4.78 is 44.5. The molecule has 1 amide bonds. The molecule has 0 aliphatic carbocycles. The molecule has 2 N–H and O–H groups in total. The lowest BCUT2D eigenvalue weighted by atomic mass is 10.0. The first-order chi connectivity index (χ1) is 16.4. The van der Waals surface area contributed by atoms with E-state index in [2.05, 4.69) is 15.5 Å². The number of phenolic OH excluding ortho intramolecular Hbond substituents is 1. The summed E-state index contributed by atoms with van der Waals surface area (Å²) >= 11 is 0. The number of carbonyl (C=O) groups excluding carboxylic acids is 1. The zero-order chi connectivity index (χ0) is 25.4. The van der Waals surface area contributed by atoms with Gasteiger partial charge in [-0.1, -0.05) is 24.3 Å². The van der Waals surface area contributed by atoms with Crippen LogP contribution in [0.4, 0.5) is 23.8 Å². The number of likely N-dealkylation sites (tertiary alicyclic amines) is 1. The fourth-order valence-electron chi connectivity index (χ4n) is 4.10. The molecule has 1 aliphatic rings. The number of rotatable bonds is 3. The van der Waals surface area contributed by atoms with Crippen LogP contribution in [0.15, 0.2) is 42.5 Å². The molecule has 7 nitrogen and oxygen atoms in total. The van der Waals surface area contributed by atoms with Crippen LogP contribution < -0.4 is 5.32 Å². The average molecular weight is 489 g/mol. The Morgan fingerprint density at radius 1 is 1.11 bits per heavy atom. The van der Waals surface area contributed by atoms with E-state index in [-0.39, 0.29) is 23.4 Å². The summed E-state index contributed by atoms with van der Waals surface area (Å²) in [4.78, 5) is 14.2. The van der Waals surface area contributed by atoms with E-state index in [0.717, 1.165) is 18.9 Å². The smallest absolute Gasteiger partial charge is 0.416 e. The molecule has 0 radical (unpaired) electrons. The van der Waals surface area contributed by atoms with E-state index in [0.29, 0.717) is 35.7 Å². The highest BCUT2D eigenvalue weighted by atomic mass is 19.4. The fourth-order valence-corrected chi connectivity index (χ4v) is 4.10. The molecule has 1 atom stereocenters. The molecule has 1 fully saturated rings. The van der Waals surface area contributed by atoms with Gasteiger partial charge in [0.25, 0.3) is 0 Å². The Morgan fingerprint density at radius 2 is 1.83 bits per heavy atom. The molecule has 0 saturated carbocycles. The number of hydrogen-bond acceptors (Lipinski definition) is 6. The molecule has 0 bridgehead atoms. The number of ether oxygens (including phenoxy) is 1. The third kappa shape index (κ3) is 5.58. The zero-order valence-corrected chi connectivity index (χ0v) is 19.7. The van der Waals surface area contributed by atoms with Gasteiger partial charge in [0.15, 0.2) is 5.82 Å². The van der Waals surface area contributed by atoms with Gasteiger partial charge in [0, 0.05) is 35.5 Å². The van der Waals surface area contributed by atoms with Crippen LogP contribution in [0, 0.1) is 0 Å². The van der Waals surface area contributed by atoms with Crippen molar-refractivity contribution < 1.29 is 27.8 Å². The molecule has 1 unspecified atom stereocenters. The maximum atomic E-state index is 13.0. The van der Waals surface area contributed by atoms with E-state index in [4.69, 9.17) is 4.74 Å². The molecule has 0 spiro atoms. The monoisotopic (exact) mass is 488 g/mol. The van der Waals surface area contributed by atoms with Crippen molar-refractivity contribution in [2.45, 2.75) is 51.4 Å². The van der Waals surface area contributed by atoms with Gasteiger partial charge >= 0.3 is 12.3 Å². The highest BCUT2D eigenvalue weighted by molar-refractivity contribution is 6.00. The number of anilines is 1. The van der Waals surface area contributed by atoms with E-state index in [1.165, 1.54) is 6.07 Å². The minimum atomic E-state index is -4.56. The lowest BCUT2D eigenvalue weighted by Gasteiger charge is -2.34. The standard InChI is InChI=1S/C25H27F3N4O3/c1-24(2,3)35-23(34)32-12-6-7-16(14-32)29-22-18-9-5-4-8-17(18)21(30-31-22)19-11-10-15(13-20(19)33)25(26,27)28/h4-5,8-11,13,16,33H,6-7,12,14H2,1-3H3,(H,29,31). The summed E-state index contributed by atoms with van der Waals surface area (Å²) in [6.07, 6.45) is -3.32. The van der Waals surface area contributed by atoms with Crippen LogP contribution in [0.1, 0.15) is 39.2 Å². The number of amides is 1. The third-order valence-corrected chi connectivity index (χ3v) is 5.68. The Hall–Kier alpha value is -3.56. The topological polar surface area (TPSA) is 87.6 Å². The Morgan fingerprint density at radius 3 is 2.49 bits per heavy atom. The predicted molar refractivity (Wildman–Crippen MR) is 126 cm³/mol. The van der Waals surface area contributed by atoms with Crippen LogP contribution in [0.25, 0.3) is 22.0 Å². The van der Waals surface area contributed by atoms with Gasteiger partial charge in [-0.25, -0.2) is 4.79 Å². The van der Waals surface area contributed by atoms with Gasteiger partial charge in [0.2, 0.25) is 0 Å². The van der Waals surface area contributed by atoms with Crippen molar-refractivity contribution in [3.05, 3.63) is 48.0 Å². The van der Waals surface area contributed by atoms with Crippen molar-refractivity contribution in [2.24, 2.45) is 0 Å². The van der Waals surface area contributed by atoms with Crippen molar-refractivity contribution >= 4 is 22.7 Å². The number of nitrogens with zero attached hydrogens (tertiary/aromatic N) is 3. The molecule has 186 valence electrons. The third-order valence-electron chi connectivity index (χ3n) is 5.68. The van der Waals surface area contributed by atoms with Crippen molar-refractivity contribution in [3.63, 3.8) is 0 Å². The Labute approximate surface area is 200 Å². The molecule has 4 rings (SSSR count). The van der Waals surface area contributed by atoms with E-state index in [1.54, 1.807) is 17.0 Å². The number of alkyl halides is 3. The minimum absolute atomic E-state index is 0.0840. The summed E-state index contributed by atoms with van der Waals surface area (Å²) in [6, 6.07) is 9.90. The number of phenols is 1. The summed E-state index contributed by atoms with van der Waals surface area (Å²) in [5, 5.41) is 23.5. The molecule has 10 heteroatoms. The molecule has 1 aromatic heterocycles. The van der Waals surface area contributed by atoms with Crippen LogP contribution in [-0.4, -0.2) is 51.0 Å². The second kappa shape index (κ2) is 9.24. The summed E-state index contributed by atoms with van der Waals surface area (Å²) in [7, 11) is 0. The van der Waals surface area contributed by atoms with Gasteiger partial charge in [0.05, 0.1) is 5.56 Å². The summed E-state index contributed by atoms with van der Waals surface area (Å²) in [6.45, 7) is 6.50. The van der Waals surface area contributed by atoms with E-state index in [9.17, 15) is 23.1 Å². The van der Waals surface area contributed by atoms with E-state index >= 15 is 0 Å². The molecule has 3 aromatic rings. The largest absolute Gasteiger partial charge is 0.507 e. The van der Waals surface area contributed by atoms with Gasteiger partial charge in [0.1, 0.15) is 17.0 Å². The van der Waals surface area contributed by atoms with E-state index in [1.807, 2.05) is 32.9 Å². The van der Waals surface area contributed by atoms with Crippen LogP contribution >= 0.6 is 0 Å². The van der Waals surface area contributed by atoms with Crippen LogP contribution in [0.2, 0.25) is 0 Å². The molecule has 2 aromatic carbocycles. The second-order valence-corrected chi connectivity index (χ2v) is 9.58. The van der Waals surface area contributed by atoms with Crippen molar-refractivity contribution in [2.75, 3.05) is 18.4 Å². The summed E-state index contributed by atoms with van der Waals surface area (Å²) in [5.74, 6) is -0.0351. The minimum Gasteiger partial charge on any atom is -0.507 e. The number of benzene rings is 2. The molecule has 1 aliphatic heterocycles. The first-order valence-electron chi connectivity index (χ1n) is 11.3. The molecule has 2 heterocycles. The number of halogens is 3. The molecular weight excluding hydrogens is 461 g/mol. The lowest BCUT2D eigenvalue weighted by molar-refractivity contribution is -0.137. The predicted octanol–water partition coefficient (Wildman–Crippen LogP) is 5.83. The SMILES string of the molecule is CC(C)(C)OC(=O)N1CCCC(Nc2nnc(-c3ccc(C(F)(F)F)cc3O)c3ccccc23)C1. The van der Waals surface area contributed by atoms with E-state index < -0.39 is 23.1 Å². The number of aromatic nitrogens is 2. The highest BCUT2D eigenvalue weighted by Gasteiger charge is 2.32. The Balaban J connectivity index is 1.61. The van der Waals surface area contributed by atoms with Gasteiger partial charge in [-0.2, -0.15) is 13.2 Å². The highest BCUT2D eigenvalue weighted by Crippen LogP contribution is 2.38. The average Bonchev–Trinajstić information content (AvgIpc) is 2.78. The Kier molecular flexibility index (Phi) is 6.48. The van der Waals surface area contributed by atoms with Gasteiger partial charge in [-0.15, -0.1) is 10.2 Å². The van der Waals surface area contributed by atoms with Crippen molar-refractivity contribution in [3.8, 4) is 17.0 Å². The lowest BCUT2D eigenvalue weighted by Crippen LogP contribution is -2.47. The molecular formula is C25H27F3N4O3. The van der Waals surface area contributed by atoms with Gasteiger partial charge < -0.3 is 20.1 Å². The quantitative estimate of drug-likeness (QED) is 0.482. The number of piperidine rings is 1. The van der Waals surface area contributed by atoms with Gasteiger partial charge in [-0.05, 0) is 51.8 Å². The number of fused-ring (bicyclic) bond motifs is 1. The molecule has 1 saturated heterocycles.